The van der Waals surface area contributed by atoms with Gasteiger partial charge < -0.3 is 20.3 Å². The smallest absolute Gasteiger partial charge is 0.246 e. The van der Waals surface area contributed by atoms with Gasteiger partial charge in [0, 0.05) is 25.3 Å². The number of amides is 1. The minimum atomic E-state index is -0.0796. The molecule has 3 aromatic heterocycles. The predicted octanol–water partition coefficient (Wildman–Crippen LogP) is 3.59. The normalized spacial score (nSPS) is 15.6. The van der Waals surface area contributed by atoms with Crippen LogP contribution in [0, 0.1) is 0 Å². The van der Waals surface area contributed by atoms with Crippen molar-refractivity contribution in [3.63, 3.8) is 0 Å². The first kappa shape index (κ1) is 23.6. The van der Waals surface area contributed by atoms with Gasteiger partial charge >= 0.3 is 0 Å². The number of H-pyrrole nitrogens is 1. The van der Waals surface area contributed by atoms with E-state index in [2.05, 4.69) is 42.5 Å². The zero-order valence-electron chi connectivity index (χ0n) is 19.7. The first-order valence-electron chi connectivity index (χ1n) is 11.5. The summed E-state index contributed by atoms with van der Waals surface area (Å²) in [7, 11) is 1.65. The second-order valence-corrected chi connectivity index (χ2v) is 8.87. The zero-order chi connectivity index (χ0) is 25.1. The van der Waals surface area contributed by atoms with Crippen molar-refractivity contribution in [3.05, 3.63) is 60.0 Å². The van der Waals surface area contributed by atoms with Gasteiger partial charge in [0.1, 0.15) is 17.0 Å². The van der Waals surface area contributed by atoms with Gasteiger partial charge in [-0.25, -0.2) is 0 Å². The molecule has 1 amide bonds. The Morgan fingerprint density at radius 1 is 1.39 bits per heavy atom. The first-order valence-corrected chi connectivity index (χ1v) is 11.9. The Kier molecular flexibility index (Phi) is 6.72. The molecular formula is C24H26ClN9O2. The van der Waals surface area contributed by atoms with Gasteiger partial charge in [-0.2, -0.15) is 20.2 Å². The fraction of sp³-hybridized carbons (Fsp3) is 0.292. The molecule has 5 rings (SSSR count). The summed E-state index contributed by atoms with van der Waals surface area (Å²) >= 11 is 6.33. The number of benzene rings is 1. The zero-order valence-corrected chi connectivity index (χ0v) is 20.5. The number of methoxy groups -OCH3 is 1. The van der Waals surface area contributed by atoms with Crippen molar-refractivity contribution in [2.45, 2.75) is 25.4 Å². The van der Waals surface area contributed by atoms with E-state index >= 15 is 0 Å². The van der Waals surface area contributed by atoms with Gasteiger partial charge in [0.05, 0.1) is 25.5 Å². The number of piperidine rings is 1. The highest BCUT2D eigenvalue weighted by molar-refractivity contribution is 6.35. The molecule has 186 valence electrons. The van der Waals surface area contributed by atoms with Crippen molar-refractivity contribution in [2.75, 3.05) is 30.8 Å². The van der Waals surface area contributed by atoms with E-state index < -0.39 is 0 Å². The van der Waals surface area contributed by atoms with Crippen LogP contribution in [-0.4, -0.2) is 67.0 Å². The topological polar surface area (TPSA) is 126 Å². The van der Waals surface area contributed by atoms with Crippen LogP contribution in [0.5, 0.6) is 5.75 Å². The maximum Gasteiger partial charge on any atom is 0.246 e. The lowest BCUT2D eigenvalue weighted by Gasteiger charge is -2.32. The molecule has 1 aliphatic rings. The third-order valence-electron chi connectivity index (χ3n) is 5.99. The minimum absolute atomic E-state index is 0.00480. The number of likely N-dealkylation sites (tertiary alicyclic amines) is 1. The van der Waals surface area contributed by atoms with E-state index in [1.165, 1.54) is 6.08 Å². The van der Waals surface area contributed by atoms with E-state index in [-0.39, 0.29) is 17.1 Å². The molecule has 1 aromatic carbocycles. The van der Waals surface area contributed by atoms with Crippen LogP contribution in [0.3, 0.4) is 0 Å². The van der Waals surface area contributed by atoms with E-state index in [4.69, 9.17) is 16.3 Å². The van der Waals surface area contributed by atoms with Crippen LogP contribution in [0.15, 0.2) is 49.3 Å². The highest BCUT2D eigenvalue weighted by atomic mass is 35.5. The molecule has 1 saturated heterocycles. The van der Waals surface area contributed by atoms with Gasteiger partial charge in [-0.05, 0) is 36.6 Å². The lowest BCUT2D eigenvalue weighted by Crippen LogP contribution is -2.44. The van der Waals surface area contributed by atoms with E-state index in [1.54, 1.807) is 18.2 Å². The number of fused-ring (bicyclic) bond motifs is 1. The van der Waals surface area contributed by atoms with Crippen LogP contribution in [0.4, 0.5) is 17.5 Å². The number of nitrogens with zero attached hydrogens (tertiary/aromatic N) is 6. The summed E-state index contributed by atoms with van der Waals surface area (Å²) in [6.07, 6.45) is 6.69. The molecule has 4 heterocycles. The third kappa shape index (κ3) is 5.10. The molecule has 0 saturated carbocycles. The average Bonchev–Trinajstić information content (AvgIpc) is 3.49. The molecular weight excluding hydrogens is 482 g/mol. The summed E-state index contributed by atoms with van der Waals surface area (Å²) in [5.74, 6) is 1.63. The molecule has 1 atom stereocenters. The minimum Gasteiger partial charge on any atom is -0.497 e. The third-order valence-corrected chi connectivity index (χ3v) is 6.27. The van der Waals surface area contributed by atoms with Crippen LogP contribution < -0.4 is 15.4 Å². The molecule has 1 fully saturated rings. The Hall–Kier alpha value is -4.12. The quantitative estimate of drug-likeness (QED) is 0.309. The van der Waals surface area contributed by atoms with E-state index in [0.29, 0.717) is 42.4 Å². The molecule has 1 aliphatic heterocycles. The van der Waals surface area contributed by atoms with Crippen LogP contribution >= 0.6 is 11.6 Å². The second kappa shape index (κ2) is 10.2. The molecule has 0 spiro atoms. The predicted molar refractivity (Wildman–Crippen MR) is 138 cm³/mol. The van der Waals surface area contributed by atoms with Crippen molar-refractivity contribution in [1.29, 1.82) is 0 Å². The Morgan fingerprint density at radius 2 is 2.28 bits per heavy atom. The molecule has 36 heavy (non-hydrogen) atoms. The number of halogens is 1. The number of aromatic nitrogens is 6. The number of anilines is 3. The SMILES string of the molecule is C=CC(=O)N1CCCC(Nc2nc(Nc3cnn(Cc4cccc(OC)c4)c3)nc3[nH]nc(Cl)c23)C1. The monoisotopic (exact) mass is 507 g/mol. The van der Waals surface area contributed by atoms with Crippen LogP contribution in [-0.2, 0) is 11.3 Å². The van der Waals surface area contributed by atoms with Gasteiger partial charge in [-0.1, -0.05) is 30.3 Å². The number of carbonyl (C=O) groups excluding carboxylic acids is 1. The van der Waals surface area contributed by atoms with Gasteiger partial charge in [0.25, 0.3) is 0 Å². The fourth-order valence-corrected chi connectivity index (χ4v) is 4.50. The number of aromatic amines is 1. The van der Waals surface area contributed by atoms with E-state index in [9.17, 15) is 4.79 Å². The van der Waals surface area contributed by atoms with Gasteiger partial charge in [-0.3, -0.25) is 14.6 Å². The molecule has 0 radical (unpaired) electrons. The fourth-order valence-electron chi connectivity index (χ4n) is 4.27. The van der Waals surface area contributed by atoms with Crippen molar-refractivity contribution < 1.29 is 9.53 Å². The number of nitrogens with one attached hydrogen (secondary N) is 3. The molecule has 4 aromatic rings. The molecule has 1 unspecified atom stereocenters. The van der Waals surface area contributed by atoms with Gasteiger partial charge in [-0.15, -0.1) is 0 Å². The summed E-state index contributed by atoms with van der Waals surface area (Å²) < 4.78 is 7.11. The van der Waals surface area contributed by atoms with Crippen LogP contribution in [0.1, 0.15) is 18.4 Å². The van der Waals surface area contributed by atoms with Crippen LogP contribution in [0.2, 0.25) is 5.15 Å². The summed E-state index contributed by atoms with van der Waals surface area (Å²) in [6.45, 7) is 5.44. The molecule has 12 heteroatoms. The number of ether oxygens (including phenoxy) is 1. The molecule has 0 aliphatic carbocycles. The van der Waals surface area contributed by atoms with Crippen LogP contribution in [0.25, 0.3) is 11.0 Å². The largest absolute Gasteiger partial charge is 0.497 e. The number of rotatable bonds is 8. The van der Waals surface area contributed by atoms with Crippen molar-refractivity contribution in [2.24, 2.45) is 0 Å². The van der Waals surface area contributed by atoms with E-state index in [0.717, 1.165) is 29.8 Å². The standard InChI is InChI=1S/C24H26ClN9O2/c1-3-19(35)33-9-5-7-16(13-33)27-22-20-21(25)31-32-23(20)30-24(29-22)28-17-11-26-34(14-17)12-15-6-4-8-18(10-15)36-2/h3-4,6,8,10-11,14,16H,1,5,7,9,12-13H2,2H3,(H3,27,28,29,30,31,32). The van der Waals surface area contributed by atoms with Crippen molar-refractivity contribution in [1.82, 2.24) is 34.8 Å². The highest BCUT2D eigenvalue weighted by Crippen LogP contribution is 2.29. The Balaban J connectivity index is 1.35. The summed E-state index contributed by atoms with van der Waals surface area (Å²) in [4.78, 5) is 23.1. The number of carbonyl (C=O) groups is 1. The Bertz CT molecular complexity index is 1400. The maximum absolute atomic E-state index is 12.1. The number of hydrogen-bond donors (Lipinski definition) is 3. The lowest BCUT2D eigenvalue weighted by molar-refractivity contribution is -0.127. The second-order valence-electron chi connectivity index (χ2n) is 8.51. The Morgan fingerprint density at radius 3 is 3.11 bits per heavy atom. The lowest BCUT2D eigenvalue weighted by atomic mass is 10.1. The molecule has 0 bridgehead atoms. The summed E-state index contributed by atoms with van der Waals surface area (Å²) in [5.41, 5.74) is 2.30. The summed E-state index contributed by atoms with van der Waals surface area (Å²) in [6, 6.07) is 7.85. The Labute approximate surface area is 212 Å². The van der Waals surface area contributed by atoms with Crippen molar-refractivity contribution in [3.8, 4) is 5.75 Å². The highest BCUT2D eigenvalue weighted by Gasteiger charge is 2.24. The summed E-state index contributed by atoms with van der Waals surface area (Å²) in [5, 5.41) is 18.9. The molecule has 11 nitrogen and oxygen atoms in total. The molecule has 3 N–H and O–H groups in total. The maximum atomic E-state index is 12.1. The van der Waals surface area contributed by atoms with Crippen molar-refractivity contribution >= 4 is 46.0 Å². The van der Waals surface area contributed by atoms with E-state index in [1.807, 2.05) is 35.1 Å². The van der Waals surface area contributed by atoms with Gasteiger partial charge in [0.2, 0.25) is 11.9 Å². The van der Waals surface area contributed by atoms with Gasteiger partial charge in [0.15, 0.2) is 10.8 Å². The first-order chi connectivity index (χ1) is 17.5. The average molecular weight is 508 g/mol. The number of hydrogen-bond acceptors (Lipinski definition) is 8.